The van der Waals surface area contributed by atoms with Gasteiger partial charge in [-0.1, -0.05) is 0 Å². The minimum Gasteiger partial charge on any atom is -0.481 e. The van der Waals surface area contributed by atoms with Crippen LogP contribution in [-0.4, -0.2) is 27.8 Å². The number of nitrogens with two attached hydrogens (primary N) is 2. The largest absolute Gasteiger partial charge is 0.481 e. The van der Waals surface area contributed by atoms with Crippen LogP contribution in [-0.2, 0) is 9.59 Å². The molecule has 12 heavy (non-hydrogen) atoms. The van der Waals surface area contributed by atoms with E-state index >= 15 is 0 Å². The van der Waals surface area contributed by atoms with Crippen LogP contribution in [0.4, 0.5) is 0 Å². The fourth-order valence-corrected chi connectivity index (χ4v) is 0.570. The quantitative estimate of drug-likeness (QED) is 0.150. The van der Waals surface area contributed by atoms with Crippen LogP contribution in [0.25, 0.3) is 0 Å². The van der Waals surface area contributed by atoms with E-state index in [9.17, 15) is 9.59 Å². The molecule has 0 saturated heterocycles. The SMILES string of the molecule is NNC(CC(=O)O)(NN)C(=O)O. The number of aliphatic carboxylic acids is 2. The highest BCUT2D eigenvalue weighted by atomic mass is 16.4. The third kappa shape index (κ3) is 2.13. The van der Waals surface area contributed by atoms with Gasteiger partial charge in [0.1, 0.15) is 0 Å². The van der Waals surface area contributed by atoms with Gasteiger partial charge in [0.05, 0.1) is 6.42 Å². The zero-order valence-corrected chi connectivity index (χ0v) is 6.07. The Morgan fingerprint density at radius 3 is 1.75 bits per heavy atom. The molecule has 0 saturated carbocycles. The molecule has 8 nitrogen and oxygen atoms in total. The van der Waals surface area contributed by atoms with Crippen molar-refractivity contribution in [2.75, 3.05) is 0 Å². The minimum atomic E-state index is -2.02. The fourth-order valence-electron chi connectivity index (χ4n) is 0.570. The van der Waals surface area contributed by atoms with Gasteiger partial charge in [0.2, 0.25) is 5.66 Å². The molecule has 0 spiro atoms. The van der Waals surface area contributed by atoms with Gasteiger partial charge in [0.15, 0.2) is 0 Å². The molecule has 0 aromatic rings. The van der Waals surface area contributed by atoms with Crippen LogP contribution in [0, 0.1) is 0 Å². The van der Waals surface area contributed by atoms with E-state index in [0.29, 0.717) is 0 Å². The Kier molecular flexibility index (Phi) is 3.57. The lowest BCUT2D eigenvalue weighted by Gasteiger charge is -2.25. The smallest absolute Gasteiger partial charge is 0.342 e. The van der Waals surface area contributed by atoms with Gasteiger partial charge in [0.25, 0.3) is 0 Å². The molecular weight excluding hydrogens is 168 g/mol. The lowest BCUT2D eigenvalue weighted by atomic mass is 10.1. The first-order valence-corrected chi connectivity index (χ1v) is 2.89. The van der Waals surface area contributed by atoms with Crippen molar-refractivity contribution in [3.05, 3.63) is 0 Å². The molecular formula is C4H10N4O4. The van der Waals surface area contributed by atoms with E-state index in [4.69, 9.17) is 21.9 Å². The molecule has 0 fully saturated rings. The first kappa shape index (κ1) is 10.8. The summed E-state index contributed by atoms with van der Waals surface area (Å²) in [6.45, 7) is 0. The number of hydrogen-bond acceptors (Lipinski definition) is 6. The number of nitrogens with one attached hydrogen (secondary N) is 2. The average molecular weight is 178 g/mol. The molecule has 0 amide bonds. The molecule has 70 valence electrons. The van der Waals surface area contributed by atoms with Crippen LogP contribution in [0.3, 0.4) is 0 Å². The van der Waals surface area contributed by atoms with E-state index in [1.807, 2.05) is 0 Å². The zero-order chi connectivity index (χ0) is 9.78. The molecule has 0 aromatic carbocycles. The van der Waals surface area contributed by atoms with Gasteiger partial charge < -0.3 is 10.2 Å². The Bertz CT molecular complexity index is 189. The van der Waals surface area contributed by atoms with Crippen LogP contribution in [0.15, 0.2) is 0 Å². The van der Waals surface area contributed by atoms with Crippen molar-refractivity contribution in [1.29, 1.82) is 0 Å². The Morgan fingerprint density at radius 1 is 1.25 bits per heavy atom. The van der Waals surface area contributed by atoms with Crippen LogP contribution < -0.4 is 22.5 Å². The predicted molar refractivity (Wildman–Crippen MR) is 37.3 cm³/mol. The summed E-state index contributed by atoms with van der Waals surface area (Å²) in [4.78, 5) is 20.7. The molecule has 0 unspecified atom stereocenters. The summed E-state index contributed by atoms with van der Waals surface area (Å²) >= 11 is 0. The van der Waals surface area contributed by atoms with Crippen molar-refractivity contribution in [1.82, 2.24) is 10.9 Å². The molecule has 0 aliphatic rings. The Hall–Kier alpha value is -1.22. The topological polar surface area (TPSA) is 151 Å². The van der Waals surface area contributed by atoms with Gasteiger partial charge in [-0.15, -0.1) is 0 Å². The third-order valence-corrected chi connectivity index (χ3v) is 1.27. The predicted octanol–water partition coefficient (Wildman–Crippen LogP) is -2.83. The maximum Gasteiger partial charge on any atom is 0.342 e. The van der Waals surface area contributed by atoms with Crippen molar-refractivity contribution in [2.45, 2.75) is 12.1 Å². The molecule has 8 N–H and O–H groups in total. The van der Waals surface area contributed by atoms with E-state index < -0.39 is 24.0 Å². The second kappa shape index (κ2) is 3.97. The van der Waals surface area contributed by atoms with Gasteiger partial charge in [-0.25, -0.2) is 15.6 Å². The van der Waals surface area contributed by atoms with Crippen molar-refractivity contribution in [3.63, 3.8) is 0 Å². The molecule has 0 aliphatic carbocycles. The summed E-state index contributed by atoms with van der Waals surface area (Å²) < 4.78 is 0. The average Bonchev–Trinajstić information content (AvgIpc) is 1.99. The van der Waals surface area contributed by atoms with Crippen molar-refractivity contribution in [3.8, 4) is 0 Å². The first-order chi connectivity index (χ1) is 5.48. The summed E-state index contributed by atoms with van der Waals surface area (Å²) in [5.41, 5.74) is 1.54. The van der Waals surface area contributed by atoms with Gasteiger partial charge >= 0.3 is 11.9 Å². The second-order valence-electron chi connectivity index (χ2n) is 2.07. The Morgan fingerprint density at radius 2 is 1.67 bits per heavy atom. The summed E-state index contributed by atoms with van der Waals surface area (Å²) in [5, 5.41) is 16.8. The van der Waals surface area contributed by atoms with Crippen molar-refractivity contribution >= 4 is 11.9 Å². The highest BCUT2D eigenvalue weighted by Gasteiger charge is 2.38. The second-order valence-corrected chi connectivity index (χ2v) is 2.07. The molecule has 0 bridgehead atoms. The van der Waals surface area contributed by atoms with E-state index in [1.54, 1.807) is 10.9 Å². The highest BCUT2D eigenvalue weighted by molar-refractivity contribution is 5.84. The Labute approximate surface area is 67.5 Å². The van der Waals surface area contributed by atoms with Crippen LogP contribution in [0.1, 0.15) is 6.42 Å². The third-order valence-electron chi connectivity index (χ3n) is 1.27. The fraction of sp³-hybridized carbons (Fsp3) is 0.500. The minimum absolute atomic E-state index is 0.769. The summed E-state index contributed by atoms with van der Waals surface area (Å²) in [7, 11) is 0. The number of carbonyl (C=O) groups is 2. The number of rotatable bonds is 5. The highest BCUT2D eigenvalue weighted by Crippen LogP contribution is 2.03. The van der Waals surface area contributed by atoms with Gasteiger partial charge in [-0.3, -0.25) is 16.5 Å². The number of hydrogen-bond donors (Lipinski definition) is 6. The monoisotopic (exact) mass is 178 g/mol. The maximum atomic E-state index is 10.5. The van der Waals surface area contributed by atoms with Gasteiger partial charge in [0, 0.05) is 0 Å². The summed E-state index contributed by atoms with van der Waals surface area (Å²) in [6.07, 6.45) is -0.769. The van der Waals surface area contributed by atoms with Crippen molar-refractivity contribution < 1.29 is 19.8 Å². The lowest BCUT2D eigenvalue weighted by Crippen LogP contribution is -2.68. The van der Waals surface area contributed by atoms with Crippen LogP contribution in [0.2, 0.25) is 0 Å². The molecule has 0 heterocycles. The number of carboxylic acid groups (broad SMARTS) is 2. The Balaban J connectivity index is 4.58. The van der Waals surface area contributed by atoms with Crippen molar-refractivity contribution in [2.24, 2.45) is 11.7 Å². The first-order valence-electron chi connectivity index (χ1n) is 2.89. The number of carboxylic acids is 2. The summed E-state index contributed by atoms with van der Waals surface area (Å²) in [6, 6.07) is 0. The van der Waals surface area contributed by atoms with Crippen LogP contribution in [0.5, 0.6) is 0 Å². The molecule has 0 aromatic heterocycles. The summed E-state index contributed by atoms with van der Waals surface area (Å²) in [5.74, 6) is 6.83. The van der Waals surface area contributed by atoms with E-state index in [0.717, 1.165) is 0 Å². The molecule has 0 rings (SSSR count). The van der Waals surface area contributed by atoms with E-state index in [-0.39, 0.29) is 0 Å². The van der Waals surface area contributed by atoms with E-state index in [2.05, 4.69) is 0 Å². The standard InChI is InChI=1S/C4H10N4O4/c5-7-4(8-6,3(11)12)1-2(9)10/h7-8H,1,5-6H2,(H,9,10)(H,11,12). The molecule has 0 atom stereocenters. The normalized spacial score (nSPS) is 11.2. The lowest BCUT2D eigenvalue weighted by molar-refractivity contribution is -0.153. The van der Waals surface area contributed by atoms with Gasteiger partial charge in [-0.2, -0.15) is 0 Å². The maximum absolute atomic E-state index is 10.5. The molecule has 0 radical (unpaired) electrons. The van der Waals surface area contributed by atoms with E-state index in [1.165, 1.54) is 0 Å². The molecule has 8 heteroatoms. The molecule has 0 aliphatic heterocycles. The van der Waals surface area contributed by atoms with Gasteiger partial charge in [-0.05, 0) is 0 Å². The number of hydrazine groups is 2. The zero-order valence-electron chi connectivity index (χ0n) is 6.07. The van der Waals surface area contributed by atoms with Crippen LogP contribution >= 0.6 is 0 Å².